The van der Waals surface area contributed by atoms with Gasteiger partial charge in [-0.15, -0.1) is 0 Å². The average molecular weight is 596 g/mol. The molecular formula is C44H25N3. The summed E-state index contributed by atoms with van der Waals surface area (Å²) in [5, 5.41) is 11.3. The van der Waals surface area contributed by atoms with E-state index in [9.17, 15) is 0 Å². The first kappa shape index (κ1) is 24.9. The third-order valence-corrected chi connectivity index (χ3v) is 10.1. The van der Waals surface area contributed by atoms with E-state index in [0.29, 0.717) is 5.95 Å². The smallest absolute Gasteiger partial charge is 0.235 e. The third-order valence-electron chi connectivity index (χ3n) is 10.1. The van der Waals surface area contributed by atoms with E-state index in [4.69, 9.17) is 9.97 Å². The van der Waals surface area contributed by atoms with Crippen molar-refractivity contribution in [2.45, 2.75) is 0 Å². The Kier molecular flexibility index (Phi) is 4.84. The second-order valence-corrected chi connectivity index (χ2v) is 12.6. The average Bonchev–Trinajstić information content (AvgIpc) is 3.42. The van der Waals surface area contributed by atoms with Gasteiger partial charge in [0.05, 0.1) is 22.2 Å². The molecule has 0 amide bonds. The molecule has 0 atom stereocenters. The van der Waals surface area contributed by atoms with Crippen LogP contribution in [-0.2, 0) is 0 Å². The Morgan fingerprint density at radius 2 is 0.957 bits per heavy atom. The van der Waals surface area contributed by atoms with E-state index in [1.807, 2.05) is 0 Å². The highest BCUT2D eigenvalue weighted by Gasteiger charge is 2.25. The van der Waals surface area contributed by atoms with Crippen molar-refractivity contribution in [3.63, 3.8) is 0 Å². The van der Waals surface area contributed by atoms with Crippen LogP contribution in [0.4, 0.5) is 0 Å². The van der Waals surface area contributed by atoms with Gasteiger partial charge in [0.15, 0.2) is 0 Å². The van der Waals surface area contributed by atoms with Crippen LogP contribution in [0.15, 0.2) is 152 Å². The number of nitrogens with zero attached hydrogens (tertiary/aromatic N) is 3. The number of hydrogen-bond acceptors (Lipinski definition) is 2. The lowest BCUT2D eigenvalue weighted by Gasteiger charge is -2.14. The van der Waals surface area contributed by atoms with E-state index in [-0.39, 0.29) is 0 Å². The highest BCUT2D eigenvalue weighted by atomic mass is 15.2. The standard InChI is InChI=1S/C44H25N3/c1-2-8-26(9-3-1)27-16-22-31(23-17-27)43-34-11-4-5-14-35(34)45-44(46-43)47-36-15-7-13-33-32-12-6-10-28-18-19-29-20-21-30-24-25-37(47)42(41(33)36)40(30)39(29)38(28)32/h1-25H. The van der Waals surface area contributed by atoms with Gasteiger partial charge in [0.1, 0.15) is 0 Å². The Bertz CT molecular complexity index is 2930. The second kappa shape index (κ2) is 9.12. The normalized spacial score (nSPS) is 12.3. The van der Waals surface area contributed by atoms with Crippen molar-refractivity contribution in [3.05, 3.63) is 152 Å². The molecular weight excluding hydrogens is 571 g/mol. The summed E-state index contributed by atoms with van der Waals surface area (Å²) in [6, 6.07) is 54.6. The molecule has 0 radical (unpaired) electrons. The van der Waals surface area contributed by atoms with Gasteiger partial charge in [-0.3, -0.25) is 4.57 Å². The van der Waals surface area contributed by atoms with Gasteiger partial charge < -0.3 is 0 Å². The van der Waals surface area contributed by atoms with E-state index in [1.54, 1.807) is 0 Å². The summed E-state index contributed by atoms with van der Waals surface area (Å²) in [5.74, 6) is 0.682. The molecule has 0 saturated carbocycles. The first-order chi connectivity index (χ1) is 23.3. The number of para-hydroxylation sites is 1. The zero-order valence-corrected chi connectivity index (χ0v) is 25.3. The lowest BCUT2D eigenvalue weighted by atomic mass is 9.93. The Morgan fingerprint density at radius 1 is 0.362 bits per heavy atom. The van der Waals surface area contributed by atoms with Crippen LogP contribution >= 0.6 is 0 Å². The van der Waals surface area contributed by atoms with E-state index < -0.39 is 0 Å². The Hall–Kier alpha value is -6.32. The first-order valence-electron chi connectivity index (χ1n) is 16.1. The molecule has 0 N–H and O–H groups in total. The van der Waals surface area contributed by atoms with Gasteiger partial charge >= 0.3 is 0 Å². The summed E-state index contributed by atoms with van der Waals surface area (Å²) in [6.45, 7) is 0. The molecule has 0 fully saturated rings. The molecule has 216 valence electrons. The monoisotopic (exact) mass is 595 g/mol. The van der Waals surface area contributed by atoms with E-state index in [2.05, 4.69) is 156 Å². The topological polar surface area (TPSA) is 30.7 Å². The van der Waals surface area contributed by atoms with Gasteiger partial charge in [-0.05, 0) is 67.4 Å². The molecule has 1 aliphatic rings. The summed E-state index contributed by atoms with van der Waals surface area (Å²) in [5.41, 5.74) is 10.1. The maximum absolute atomic E-state index is 5.39. The third kappa shape index (κ3) is 3.35. The van der Waals surface area contributed by atoms with Crippen LogP contribution in [-0.4, -0.2) is 14.5 Å². The Labute approximate surface area is 270 Å². The number of rotatable bonds is 3. The number of benzene rings is 8. The van der Waals surface area contributed by atoms with Crippen LogP contribution < -0.4 is 0 Å². The molecule has 0 unspecified atom stereocenters. The van der Waals surface area contributed by atoms with Crippen LogP contribution in [0.1, 0.15) is 0 Å². The number of hydrogen-bond donors (Lipinski definition) is 0. The van der Waals surface area contributed by atoms with Crippen molar-refractivity contribution in [1.29, 1.82) is 0 Å². The summed E-state index contributed by atoms with van der Waals surface area (Å²) >= 11 is 0. The Balaban J connectivity index is 1.25. The van der Waals surface area contributed by atoms with Gasteiger partial charge in [-0.2, -0.15) is 0 Å². The highest BCUT2D eigenvalue weighted by Crippen LogP contribution is 2.49. The van der Waals surface area contributed by atoms with Gasteiger partial charge in [0, 0.05) is 27.1 Å². The first-order valence-corrected chi connectivity index (χ1v) is 16.1. The van der Waals surface area contributed by atoms with Crippen molar-refractivity contribution >= 4 is 65.0 Å². The van der Waals surface area contributed by atoms with Crippen LogP contribution in [0.25, 0.3) is 104 Å². The summed E-state index contributed by atoms with van der Waals surface area (Å²) in [4.78, 5) is 10.6. The quantitative estimate of drug-likeness (QED) is 0.190. The van der Waals surface area contributed by atoms with Crippen LogP contribution in [0.3, 0.4) is 0 Å². The predicted molar refractivity (Wildman–Crippen MR) is 196 cm³/mol. The largest absolute Gasteiger partial charge is 0.278 e. The van der Waals surface area contributed by atoms with Crippen molar-refractivity contribution in [1.82, 2.24) is 14.5 Å². The summed E-state index contributed by atoms with van der Waals surface area (Å²) < 4.78 is 2.29. The fraction of sp³-hybridized carbons (Fsp3) is 0. The van der Waals surface area contributed by atoms with Crippen molar-refractivity contribution < 1.29 is 0 Å². The zero-order valence-electron chi connectivity index (χ0n) is 25.3. The molecule has 0 aliphatic heterocycles. The minimum absolute atomic E-state index is 0.682. The van der Waals surface area contributed by atoms with Gasteiger partial charge in [-0.1, -0.05) is 133 Å². The van der Waals surface area contributed by atoms with E-state index >= 15 is 0 Å². The van der Waals surface area contributed by atoms with Crippen molar-refractivity contribution in [2.24, 2.45) is 0 Å². The maximum Gasteiger partial charge on any atom is 0.235 e. The molecule has 3 nitrogen and oxygen atoms in total. The van der Waals surface area contributed by atoms with Crippen LogP contribution in [0.5, 0.6) is 0 Å². The molecule has 47 heavy (non-hydrogen) atoms. The molecule has 11 rings (SSSR count). The van der Waals surface area contributed by atoms with E-state index in [0.717, 1.165) is 33.2 Å². The highest BCUT2D eigenvalue weighted by molar-refractivity contribution is 6.38. The van der Waals surface area contributed by atoms with Gasteiger partial charge in [0.2, 0.25) is 5.95 Å². The summed E-state index contributed by atoms with van der Waals surface area (Å²) in [7, 11) is 0. The number of fused-ring (bicyclic) bond motifs is 2. The fourth-order valence-corrected chi connectivity index (χ4v) is 8.06. The maximum atomic E-state index is 5.39. The molecule has 8 aromatic carbocycles. The lowest BCUT2D eigenvalue weighted by Crippen LogP contribution is -2.03. The second-order valence-electron chi connectivity index (χ2n) is 12.6. The predicted octanol–water partition coefficient (Wildman–Crippen LogP) is 11.5. The SMILES string of the molecule is c1ccc(-c2ccc(-c3nc(-n4c5cccc6c5c5c7c(ccc8ccc9cccc-6c9c87)ccc54)nc4ccccc34)cc2)cc1. The molecule has 0 saturated heterocycles. The lowest BCUT2D eigenvalue weighted by molar-refractivity contribution is 1.01. The molecule has 10 aromatic rings. The molecule has 0 bridgehead atoms. The minimum atomic E-state index is 0.682. The van der Waals surface area contributed by atoms with Crippen LogP contribution in [0, 0.1) is 0 Å². The van der Waals surface area contributed by atoms with Gasteiger partial charge in [-0.25, -0.2) is 9.97 Å². The van der Waals surface area contributed by atoms with Gasteiger partial charge in [0.25, 0.3) is 0 Å². The van der Waals surface area contributed by atoms with Crippen LogP contribution in [0.2, 0.25) is 0 Å². The molecule has 2 aromatic heterocycles. The zero-order chi connectivity index (χ0) is 30.6. The minimum Gasteiger partial charge on any atom is -0.278 e. The molecule has 3 heteroatoms. The fourth-order valence-electron chi connectivity index (χ4n) is 8.06. The van der Waals surface area contributed by atoms with Crippen molar-refractivity contribution in [3.8, 4) is 39.5 Å². The number of aromatic nitrogens is 3. The van der Waals surface area contributed by atoms with Crippen molar-refractivity contribution in [2.75, 3.05) is 0 Å². The molecule has 2 heterocycles. The summed E-state index contributed by atoms with van der Waals surface area (Å²) in [6.07, 6.45) is 0. The van der Waals surface area contributed by atoms with E-state index in [1.165, 1.54) is 65.3 Å². The Morgan fingerprint density at radius 3 is 1.77 bits per heavy atom. The molecule has 1 aliphatic carbocycles. The molecule has 0 spiro atoms.